The number of pyridine rings is 1. The lowest BCUT2D eigenvalue weighted by Crippen LogP contribution is -2.33. The number of esters is 1. The maximum absolute atomic E-state index is 12.3. The van der Waals surface area contributed by atoms with Crippen molar-refractivity contribution in [3.05, 3.63) is 35.5 Å². The van der Waals surface area contributed by atoms with Gasteiger partial charge in [-0.2, -0.15) is 0 Å². The van der Waals surface area contributed by atoms with Gasteiger partial charge in [-0.3, -0.25) is 9.78 Å². The highest BCUT2D eigenvalue weighted by molar-refractivity contribution is 5.94. The number of carbonyl (C=O) groups is 1. The fraction of sp³-hybridized carbons (Fsp3) is 0.474. The van der Waals surface area contributed by atoms with Gasteiger partial charge in [0.25, 0.3) is 0 Å². The van der Waals surface area contributed by atoms with Crippen LogP contribution in [0.1, 0.15) is 31.5 Å². The molecule has 0 amide bonds. The molecule has 1 unspecified atom stereocenters. The Morgan fingerprint density at radius 2 is 2.09 bits per heavy atom. The summed E-state index contributed by atoms with van der Waals surface area (Å²) in [5.41, 5.74) is 4.03. The van der Waals surface area contributed by atoms with E-state index in [4.69, 9.17) is 4.74 Å². The predicted molar refractivity (Wildman–Crippen MR) is 92.8 cm³/mol. The third kappa shape index (κ3) is 2.67. The van der Waals surface area contributed by atoms with Crippen molar-refractivity contribution in [1.82, 2.24) is 4.98 Å². The molecule has 1 aliphatic heterocycles. The third-order valence-corrected chi connectivity index (χ3v) is 4.90. The number of nitrogens with zero attached hydrogens (tertiary/aromatic N) is 2. The van der Waals surface area contributed by atoms with E-state index >= 15 is 0 Å². The molecule has 1 aromatic heterocycles. The molecule has 23 heavy (non-hydrogen) atoms. The molecular weight excluding hydrogens is 288 g/mol. The molecule has 2 aromatic rings. The van der Waals surface area contributed by atoms with E-state index in [1.54, 1.807) is 0 Å². The van der Waals surface area contributed by atoms with Crippen molar-refractivity contribution in [1.29, 1.82) is 0 Å². The van der Waals surface area contributed by atoms with Crippen molar-refractivity contribution in [2.75, 3.05) is 24.6 Å². The first-order valence-electron chi connectivity index (χ1n) is 8.24. The molecule has 0 spiro atoms. The monoisotopic (exact) mass is 312 g/mol. The molecule has 1 aromatic carbocycles. The molecule has 0 saturated carbocycles. The van der Waals surface area contributed by atoms with E-state index in [1.807, 2.05) is 39.0 Å². The standard InChI is InChI=1S/C19H24N2O2/c1-5-23-18(22)19(4)10-11-21(12-19)17-13(2)14(3)20-16-9-7-6-8-15(16)17/h6-9H,5,10-12H2,1-4H3. The highest BCUT2D eigenvalue weighted by Gasteiger charge is 2.42. The summed E-state index contributed by atoms with van der Waals surface area (Å²) in [4.78, 5) is 19.3. The van der Waals surface area contributed by atoms with Crippen LogP contribution in [0.4, 0.5) is 5.69 Å². The van der Waals surface area contributed by atoms with Crippen LogP contribution in [0.3, 0.4) is 0 Å². The minimum atomic E-state index is -0.430. The van der Waals surface area contributed by atoms with Gasteiger partial charge in [-0.05, 0) is 45.7 Å². The molecule has 0 radical (unpaired) electrons. The minimum absolute atomic E-state index is 0.0877. The van der Waals surface area contributed by atoms with Gasteiger partial charge in [-0.1, -0.05) is 18.2 Å². The maximum Gasteiger partial charge on any atom is 0.313 e. The molecule has 1 atom stereocenters. The lowest BCUT2D eigenvalue weighted by atomic mass is 9.90. The van der Waals surface area contributed by atoms with E-state index in [1.165, 1.54) is 11.3 Å². The van der Waals surface area contributed by atoms with E-state index in [9.17, 15) is 4.79 Å². The quantitative estimate of drug-likeness (QED) is 0.812. The van der Waals surface area contributed by atoms with Crippen molar-refractivity contribution in [3.8, 4) is 0 Å². The number of carbonyl (C=O) groups excluding carboxylic acids is 1. The number of para-hydroxylation sites is 1. The summed E-state index contributed by atoms with van der Waals surface area (Å²) in [6.45, 7) is 10.0. The van der Waals surface area contributed by atoms with Crippen molar-refractivity contribution in [2.24, 2.45) is 5.41 Å². The smallest absolute Gasteiger partial charge is 0.313 e. The van der Waals surface area contributed by atoms with Gasteiger partial charge in [0.1, 0.15) is 0 Å². The Hall–Kier alpha value is -2.10. The number of anilines is 1. The number of aromatic nitrogens is 1. The van der Waals surface area contributed by atoms with E-state index in [0.717, 1.165) is 29.6 Å². The van der Waals surface area contributed by atoms with E-state index in [-0.39, 0.29) is 5.97 Å². The summed E-state index contributed by atoms with van der Waals surface area (Å²) in [7, 11) is 0. The van der Waals surface area contributed by atoms with Gasteiger partial charge in [0.05, 0.1) is 23.2 Å². The zero-order chi connectivity index (χ0) is 16.6. The molecule has 122 valence electrons. The SMILES string of the molecule is CCOC(=O)C1(C)CCN(c2c(C)c(C)nc3ccccc23)C1. The lowest BCUT2D eigenvalue weighted by Gasteiger charge is -2.26. The Morgan fingerprint density at radius 1 is 1.35 bits per heavy atom. The van der Waals surface area contributed by atoms with Crippen molar-refractivity contribution in [3.63, 3.8) is 0 Å². The Balaban J connectivity index is 2.02. The number of aryl methyl sites for hydroxylation is 1. The van der Waals surface area contributed by atoms with Gasteiger partial charge in [0, 0.05) is 24.2 Å². The number of hydrogen-bond acceptors (Lipinski definition) is 4. The summed E-state index contributed by atoms with van der Waals surface area (Å²) in [6, 6.07) is 8.22. The Labute approximate surface area is 137 Å². The number of fused-ring (bicyclic) bond motifs is 1. The first kappa shape index (κ1) is 15.8. The molecule has 3 rings (SSSR count). The molecule has 0 bridgehead atoms. The Bertz CT molecular complexity index is 756. The van der Waals surface area contributed by atoms with Crippen LogP contribution in [0.2, 0.25) is 0 Å². The Morgan fingerprint density at radius 3 is 2.83 bits per heavy atom. The van der Waals surface area contributed by atoms with Crippen LogP contribution in [0.25, 0.3) is 10.9 Å². The molecule has 4 nitrogen and oxygen atoms in total. The number of rotatable bonds is 3. The zero-order valence-corrected chi connectivity index (χ0v) is 14.3. The molecule has 1 fully saturated rings. The molecular formula is C19H24N2O2. The highest BCUT2D eigenvalue weighted by atomic mass is 16.5. The van der Waals surface area contributed by atoms with Crippen LogP contribution in [0.15, 0.2) is 24.3 Å². The van der Waals surface area contributed by atoms with Gasteiger partial charge < -0.3 is 9.64 Å². The normalized spacial score (nSPS) is 21.0. The van der Waals surface area contributed by atoms with E-state index < -0.39 is 5.41 Å². The molecule has 2 heterocycles. The van der Waals surface area contributed by atoms with Gasteiger partial charge >= 0.3 is 5.97 Å². The first-order chi connectivity index (χ1) is 11.0. The second kappa shape index (κ2) is 5.84. The number of hydrogen-bond donors (Lipinski definition) is 0. The van der Waals surface area contributed by atoms with Crippen LogP contribution in [-0.2, 0) is 9.53 Å². The average Bonchev–Trinajstić information content (AvgIpc) is 2.92. The largest absolute Gasteiger partial charge is 0.466 e. The first-order valence-corrected chi connectivity index (χ1v) is 8.24. The molecule has 0 aliphatic carbocycles. The van der Waals surface area contributed by atoms with Crippen LogP contribution >= 0.6 is 0 Å². The second-order valence-electron chi connectivity index (χ2n) is 6.64. The molecule has 1 aliphatic rings. The molecule has 4 heteroatoms. The highest BCUT2D eigenvalue weighted by Crippen LogP contribution is 2.39. The summed E-state index contributed by atoms with van der Waals surface area (Å²) in [6.07, 6.45) is 0.820. The van der Waals surface area contributed by atoms with Crippen LogP contribution in [0.5, 0.6) is 0 Å². The molecule has 0 N–H and O–H groups in total. The van der Waals surface area contributed by atoms with Crippen LogP contribution in [-0.4, -0.2) is 30.6 Å². The average molecular weight is 312 g/mol. The zero-order valence-electron chi connectivity index (χ0n) is 14.3. The van der Waals surface area contributed by atoms with Crippen LogP contribution in [0, 0.1) is 19.3 Å². The van der Waals surface area contributed by atoms with E-state index in [0.29, 0.717) is 13.2 Å². The topological polar surface area (TPSA) is 42.4 Å². The second-order valence-corrected chi connectivity index (χ2v) is 6.64. The van der Waals surface area contributed by atoms with Gasteiger partial charge in [-0.15, -0.1) is 0 Å². The fourth-order valence-corrected chi connectivity index (χ4v) is 3.44. The van der Waals surface area contributed by atoms with Crippen molar-refractivity contribution >= 4 is 22.6 Å². The van der Waals surface area contributed by atoms with Gasteiger partial charge in [0.15, 0.2) is 0 Å². The maximum atomic E-state index is 12.3. The van der Waals surface area contributed by atoms with Gasteiger partial charge in [-0.25, -0.2) is 0 Å². The summed E-state index contributed by atoms with van der Waals surface area (Å²) < 4.78 is 5.28. The summed E-state index contributed by atoms with van der Waals surface area (Å²) in [5, 5.41) is 1.16. The molecule has 1 saturated heterocycles. The number of benzene rings is 1. The van der Waals surface area contributed by atoms with Crippen molar-refractivity contribution in [2.45, 2.75) is 34.1 Å². The van der Waals surface area contributed by atoms with Gasteiger partial charge in [0.2, 0.25) is 0 Å². The summed E-state index contributed by atoms with van der Waals surface area (Å²) in [5.74, 6) is -0.0877. The predicted octanol–water partition coefficient (Wildman–Crippen LogP) is 3.63. The minimum Gasteiger partial charge on any atom is -0.466 e. The lowest BCUT2D eigenvalue weighted by molar-refractivity contribution is -0.153. The number of ether oxygens (including phenoxy) is 1. The summed E-state index contributed by atoms with van der Waals surface area (Å²) >= 11 is 0. The van der Waals surface area contributed by atoms with Crippen molar-refractivity contribution < 1.29 is 9.53 Å². The van der Waals surface area contributed by atoms with Crippen LogP contribution < -0.4 is 4.90 Å². The Kier molecular flexibility index (Phi) is 4.00. The fourth-order valence-electron chi connectivity index (χ4n) is 3.44. The third-order valence-electron chi connectivity index (χ3n) is 4.90. The van der Waals surface area contributed by atoms with E-state index in [2.05, 4.69) is 22.9 Å².